The number of fused-ring (bicyclic) bond motifs is 6. The summed E-state index contributed by atoms with van der Waals surface area (Å²) in [6.07, 6.45) is 0.330. The van der Waals surface area contributed by atoms with Crippen molar-refractivity contribution in [3.8, 4) is 23.0 Å². The summed E-state index contributed by atoms with van der Waals surface area (Å²) < 4.78 is 26.9. The molecule has 4 aromatic rings. The molecule has 0 radical (unpaired) electrons. The van der Waals surface area contributed by atoms with Crippen molar-refractivity contribution in [2.24, 2.45) is 0 Å². The normalized spacial score (nSPS) is 13.4. The SMILES string of the molecule is COC(=O)CCN1Cc2c([nH]c3cc(OC)c(OC)cc23)C1=O.COc1cc2sc3c(c2cc1OC)CN(CCC(=O)ONC(C)C)C3=O. The molecule has 0 saturated heterocycles. The van der Waals surface area contributed by atoms with Crippen LogP contribution in [0.25, 0.3) is 21.0 Å². The summed E-state index contributed by atoms with van der Waals surface area (Å²) in [5, 5.41) is 1.91. The lowest BCUT2D eigenvalue weighted by Crippen LogP contribution is -2.30. The number of aromatic nitrogens is 1. The van der Waals surface area contributed by atoms with E-state index in [-0.39, 0.29) is 42.6 Å². The predicted octanol–water partition coefficient (Wildman–Crippen LogP) is 4.42. The third kappa shape index (κ3) is 7.22. The molecular weight excluding hydrogens is 656 g/mol. The average Bonchev–Trinajstić information content (AvgIpc) is 3.82. The number of nitrogens with one attached hydrogen (secondary N) is 2. The number of aromatic amines is 1. The van der Waals surface area contributed by atoms with Gasteiger partial charge in [-0.05, 0) is 26.0 Å². The molecule has 262 valence electrons. The standard InChI is InChI=1S/C18H22N2O5S.C16H18N2O5/c1-10(2)19-25-16(21)5-6-20-9-12-11-7-13(23-3)14(24-4)8-15(11)26-17(12)18(20)22;1-21-12-6-9-10-8-18(5-4-14(19)23-3)16(20)15(10)17-11(9)7-13(12)22-2/h7-8,10,19H,5-6,9H2,1-4H3;6-7,17H,4-5,8H2,1-3H3. The summed E-state index contributed by atoms with van der Waals surface area (Å²) in [5.74, 6) is 1.63. The van der Waals surface area contributed by atoms with Gasteiger partial charge in [-0.25, -0.2) is 0 Å². The second kappa shape index (κ2) is 15.0. The lowest BCUT2D eigenvalue weighted by atomic mass is 10.1. The van der Waals surface area contributed by atoms with Crippen molar-refractivity contribution in [1.29, 1.82) is 0 Å². The van der Waals surface area contributed by atoms with Crippen molar-refractivity contribution in [2.45, 2.75) is 45.8 Å². The Morgan fingerprint density at radius 3 is 1.94 bits per heavy atom. The highest BCUT2D eigenvalue weighted by molar-refractivity contribution is 7.21. The number of carbonyl (C=O) groups is 4. The molecule has 2 aliphatic heterocycles. The molecule has 0 bridgehead atoms. The van der Waals surface area contributed by atoms with Crippen molar-refractivity contribution in [1.82, 2.24) is 20.3 Å². The first-order chi connectivity index (χ1) is 23.5. The number of ether oxygens (including phenoxy) is 5. The van der Waals surface area contributed by atoms with E-state index in [4.69, 9.17) is 23.8 Å². The summed E-state index contributed by atoms with van der Waals surface area (Å²) in [6.45, 7) is 5.36. The van der Waals surface area contributed by atoms with Gasteiger partial charge in [0.1, 0.15) is 5.69 Å². The maximum atomic E-state index is 12.7. The van der Waals surface area contributed by atoms with E-state index >= 15 is 0 Å². The van der Waals surface area contributed by atoms with Crippen LogP contribution in [0.4, 0.5) is 0 Å². The van der Waals surface area contributed by atoms with Gasteiger partial charge in [-0.2, -0.15) is 5.48 Å². The molecule has 2 aromatic carbocycles. The van der Waals surface area contributed by atoms with Gasteiger partial charge in [-0.1, -0.05) is 0 Å². The van der Waals surface area contributed by atoms with Gasteiger partial charge in [-0.3, -0.25) is 19.2 Å². The van der Waals surface area contributed by atoms with Crippen LogP contribution in [0.5, 0.6) is 23.0 Å². The van der Waals surface area contributed by atoms with Crippen LogP contribution in [0.15, 0.2) is 24.3 Å². The summed E-state index contributed by atoms with van der Waals surface area (Å²) in [4.78, 5) is 60.2. The third-order valence-electron chi connectivity index (χ3n) is 8.20. The molecule has 0 aliphatic carbocycles. The Morgan fingerprint density at radius 1 is 0.776 bits per heavy atom. The number of H-pyrrole nitrogens is 1. The molecule has 0 spiro atoms. The number of amides is 2. The van der Waals surface area contributed by atoms with Crippen LogP contribution in [0.1, 0.15) is 58.0 Å². The van der Waals surface area contributed by atoms with Crippen LogP contribution in [0, 0.1) is 0 Å². The fourth-order valence-electron chi connectivity index (χ4n) is 5.71. The summed E-state index contributed by atoms with van der Waals surface area (Å²) in [6, 6.07) is 7.53. The highest BCUT2D eigenvalue weighted by atomic mass is 32.1. The third-order valence-corrected chi connectivity index (χ3v) is 9.38. The van der Waals surface area contributed by atoms with Crippen LogP contribution in [0.3, 0.4) is 0 Å². The molecule has 14 nitrogen and oxygen atoms in total. The van der Waals surface area contributed by atoms with Crippen LogP contribution in [-0.2, 0) is 32.3 Å². The lowest BCUT2D eigenvalue weighted by Gasteiger charge is -2.16. The smallest absolute Gasteiger partial charge is 0.326 e. The molecule has 2 aromatic heterocycles. The van der Waals surface area contributed by atoms with Gasteiger partial charge in [0.25, 0.3) is 11.8 Å². The van der Waals surface area contributed by atoms with E-state index in [0.29, 0.717) is 59.7 Å². The largest absolute Gasteiger partial charge is 0.493 e. The van der Waals surface area contributed by atoms with Crippen LogP contribution >= 0.6 is 11.3 Å². The molecular formula is C34H40N4O10S. The maximum absolute atomic E-state index is 12.7. The van der Waals surface area contributed by atoms with E-state index in [2.05, 4.69) is 15.2 Å². The minimum atomic E-state index is -0.377. The molecule has 4 heterocycles. The molecule has 6 rings (SSSR count). The number of thiophene rings is 1. The van der Waals surface area contributed by atoms with E-state index in [9.17, 15) is 19.2 Å². The highest BCUT2D eigenvalue weighted by Gasteiger charge is 2.33. The molecule has 0 atom stereocenters. The van der Waals surface area contributed by atoms with E-state index in [0.717, 1.165) is 32.1 Å². The topological polar surface area (TPSA) is 158 Å². The number of hydrogen-bond acceptors (Lipinski definition) is 12. The second-order valence-corrected chi connectivity index (χ2v) is 12.7. The Morgan fingerprint density at radius 2 is 1.33 bits per heavy atom. The van der Waals surface area contributed by atoms with E-state index in [1.165, 1.54) is 18.4 Å². The predicted molar refractivity (Wildman–Crippen MR) is 181 cm³/mol. The van der Waals surface area contributed by atoms with Gasteiger partial charge < -0.3 is 43.3 Å². The van der Waals surface area contributed by atoms with Gasteiger partial charge in [-0.15, -0.1) is 11.3 Å². The van der Waals surface area contributed by atoms with Gasteiger partial charge in [0, 0.05) is 71.0 Å². The summed E-state index contributed by atoms with van der Waals surface area (Å²) in [5.41, 5.74) is 5.89. The fourth-order valence-corrected chi connectivity index (χ4v) is 6.90. The number of esters is 1. The van der Waals surface area contributed by atoms with Crippen LogP contribution in [-0.4, -0.2) is 93.2 Å². The minimum absolute atomic E-state index is 0.0521. The number of hydroxylamine groups is 1. The molecule has 0 saturated carbocycles. The van der Waals surface area contributed by atoms with Gasteiger partial charge in [0.05, 0.1) is 58.8 Å². The van der Waals surface area contributed by atoms with E-state index < -0.39 is 0 Å². The molecule has 2 aliphatic rings. The Bertz CT molecular complexity index is 1900. The Labute approximate surface area is 287 Å². The number of nitrogens with zero attached hydrogens (tertiary/aromatic N) is 2. The zero-order chi connectivity index (χ0) is 35.4. The average molecular weight is 697 g/mol. The van der Waals surface area contributed by atoms with Crippen molar-refractivity contribution in [3.63, 3.8) is 0 Å². The number of benzene rings is 2. The zero-order valence-electron chi connectivity index (χ0n) is 28.5. The Hall–Kier alpha value is -5.02. The summed E-state index contributed by atoms with van der Waals surface area (Å²) in [7, 11) is 7.66. The van der Waals surface area contributed by atoms with E-state index in [1.807, 2.05) is 38.1 Å². The maximum Gasteiger partial charge on any atom is 0.326 e. The van der Waals surface area contributed by atoms with Crippen molar-refractivity contribution < 1.29 is 47.7 Å². The van der Waals surface area contributed by atoms with Gasteiger partial charge in [0.15, 0.2) is 23.0 Å². The molecule has 15 heteroatoms. The Balaban J connectivity index is 0.000000192. The minimum Gasteiger partial charge on any atom is -0.493 e. The van der Waals surface area contributed by atoms with Crippen molar-refractivity contribution in [2.75, 3.05) is 48.6 Å². The molecule has 49 heavy (non-hydrogen) atoms. The molecule has 2 N–H and O–H groups in total. The first-order valence-electron chi connectivity index (χ1n) is 15.6. The van der Waals surface area contributed by atoms with Crippen LogP contribution < -0.4 is 24.4 Å². The van der Waals surface area contributed by atoms with Crippen LogP contribution in [0.2, 0.25) is 0 Å². The molecule has 2 amide bonds. The Kier molecular flexibility index (Phi) is 10.8. The number of methoxy groups -OCH3 is 5. The molecule has 0 fully saturated rings. The highest BCUT2D eigenvalue weighted by Crippen LogP contribution is 2.43. The number of hydrogen-bond donors (Lipinski definition) is 2. The lowest BCUT2D eigenvalue weighted by molar-refractivity contribution is -0.152. The zero-order valence-corrected chi connectivity index (χ0v) is 29.3. The quantitative estimate of drug-likeness (QED) is 0.160. The number of carbonyl (C=O) groups excluding carboxylic acids is 4. The second-order valence-electron chi connectivity index (χ2n) is 11.6. The molecule has 0 unspecified atom stereocenters. The summed E-state index contributed by atoms with van der Waals surface area (Å²) >= 11 is 1.44. The van der Waals surface area contributed by atoms with Crippen molar-refractivity contribution in [3.05, 3.63) is 46.0 Å². The van der Waals surface area contributed by atoms with Gasteiger partial charge in [0.2, 0.25) is 0 Å². The monoisotopic (exact) mass is 696 g/mol. The van der Waals surface area contributed by atoms with Gasteiger partial charge >= 0.3 is 11.9 Å². The van der Waals surface area contributed by atoms with Crippen molar-refractivity contribution >= 4 is 56.1 Å². The first kappa shape index (κ1) is 35.3. The first-order valence-corrected chi connectivity index (χ1v) is 16.4. The number of rotatable bonds is 12. The van der Waals surface area contributed by atoms with E-state index in [1.54, 1.807) is 38.2 Å². The fraction of sp³-hybridized carbons (Fsp3) is 0.412.